The maximum Gasteiger partial charge on any atom is 0.334 e. The van der Waals surface area contributed by atoms with Crippen LogP contribution in [-0.2, 0) is 7.05 Å². The fourth-order valence-electron chi connectivity index (χ4n) is 3.71. The number of hydrogen-bond donors (Lipinski definition) is 1. The number of H-pyrrole nitrogens is 1. The second-order valence-electron chi connectivity index (χ2n) is 7.47. The third-order valence-corrected chi connectivity index (χ3v) is 6.08. The Morgan fingerprint density at radius 3 is 2.47 bits per heavy atom. The predicted molar refractivity (Wildman–Crippen MR) is 131 cm³/mol. The summed E-state index contributed by atoms with van der Waals surface area (Å²) in [5.41, 5.74) is -2.79. The van der Waals surface area contributed by atoms with Gasteiger partial charge in [0.05, 0.1) is 21.7 Å². The molecule has 0 atom stereocenters. The van der Waals surface area contributed by atoms with Gasteiger partial charge in [0.25, 0.3) is 16.8 Å². The fourth-order valence-corrected chi connectivity index (χ4v) is 4.17. The molecular weight excluding hydrogens is 562 g/mol. The number of aromatic amines is 1. The number of pyridine rings is 1. The van der Waals surface area contributed by atoms with Crippen molar-refractivity contribution < 1.29 is 14.1 Å². The normalized spacial score (nSPS) is 11.1. The number of aryl methyl sites for hydroxylation is 1. The van der Waals surface area contributed by atoms with Crippen LogP contribution < -0.4 is 21.5 Å². The minimum atomic E-state index is -0.950. The molecule has 12 heteroatoms. The monoisotopic (exact) mass is 578 g/mol. The van der Waals surface area contributed by atoms with Crippen LogP contribution in [0.3, 0.4) is 0 Å². The van der Waals surface area contributed by atoms with E-state index in [1.807, 2.05) is 22.6 Å². The number of nitro groups is 1. The van der Waals surface area contributed by atoms with Crippen molar-refractivity contribution in [1.29, 1.82) is 0 Å². The maximum atomic E-state index is 14.8. The molecule has 10 nitrogen and oxygen atoms in total. The Hall–Kier alpha value is -3.81. The van der Waals surface area contributed by atoms with Crippen molar-refractivity contribution >= 4 is 39.3 Å². The van der Waals surface area contributed by atoms with Gasteiger partial charge >= 0.3 is 5.69 Å². The van der Waals surface area contributed by atoms with E-state index in [0.29, 0.717) is 3.57 Å². The lowest BCUT2D eigenvalue weighted by Crippen LogP contribution is -2.35. The van der Waals surface area contributed by atoms with E-state index in [4.69, 9.17) is 4.74 Å². The van der Waals surface area contributed by atoms with E-state index in [9.17, 15) is 28.9 Å². The number of fused-ring (bicyclic) bond motifs is 1. The lowest BCUT2D eigenvalue weighted by atomic mass is 10.1. The van der Waals surface area contributed by atoms with Crippen LogP contribution in [0.15, 0.2) is 50.8 Å². The summed E-state index contributed by atoms with van der Waals surface area (Å²) in [5.74, 6) is -0.889. The van der Waals surface area contributed by atoms with Gasteiger partial charge < -0.3 is 4.74 Å². The van der Waals surface area contributed by atoms with Crippen LogP contribution in [0, 0.1) is 33.3 Å². The number of halogens is 2. The van der Waals surface area contributed by atoms with E-state index in [-0.39, 0.29) is 45.0 Å². The Kier molecular flexibility index (Phi) is 5.85. The van der Waals surface area contributed by atoms with Gasteiger partial charge in [-0.25, -0.2) is 13.8 Å². The van der Waals surface area contributed by atoms with Crippen molar-refractivity contribution in [2.75, 3.05) is 0 Å². The van der Waals surface area contributed by atoms with Crippen LogP contribution >= 0.6 is 22.6 Å². The molecule has 4 rings (SSSR count). The second kappa shape index (κ2) is 8.52. The SMILES string of the molecule is Cc1c(Oc2c(C)c(=O)n(C)c3c2c(=O)[nH]c(=O)n3-c2ccc(I)cc2F)cccc1[N+](=O)[O-]. The molecule has 2 aromatic heterocycles. The van der Waals surface area contributed by atoms with Crippen molar-refractivity contribution in [3.63, 3.8) is 0 Å². The molecular formula is C22H16FIN4O6. The first-order valence-corrected chi connectivity index (χ1v) is 10.9. The van der Waals surface area contributed by atoms with Gasteiger partial charge in [-0.3, -0.25) is 29.3 Å². The Balaban J connectivity index is 2.13. The van der Waals surface area contributed by atoms with Crippen molar-refractivity contribution in [3.8, 4) is 17.2 Å². The quantitative estimate of drug-likeness (QED) is 0.225. The summed E-state index contributed by atoms with van der Waals surface area (Å²) < 4.78 is 23.3. The number of nitro benzene ring substituents is 1. The topological polar surface area (TPSA) is 129 Å². The summed E-state index contributed by atoms with van der Waals surface area (Å²) in [6, 6.07) is 8.27. The number of hydrogen-bond acceptors (Lipinski definition) is 6. The zero-order chi connectivity index (χ0) is 24.9. The average Bonchev–Trinajstić information content (AvgIpc) is 2.77. The highest BCUT2D eigenvalue weighted by atomic mass is 127. The molecule has 0 radical (unpaired) electrons. The molecule has 34 heavy (non-hydrogen) atoms. The highest BCUT2D eigenvalue weighted by Crippen LogP contribution is 2.34. The van der Waals surface area contributed by atoms with Crippen LogP contribution in [0.1, 0.15) is 11.1 Å². The van der Waals surface area contributed by atoms with Gasteiger partial charge in [-0.2, -0.15) is 0 Å². The molecule has 1 N–H and O–H groups in total. The molecule has 0 bridgehead atoms. The maximum absolute atomic E-state index is 14.8. The number of ether oxygens (including phenoxy) is 1. The second-order valence-corrected chi connectivity index (χ2v) is 8.71. The molecule has 0 aliphatic rings. The number of rotatable bonds is 4. The Bertz CT molecular complexity index is 1690. The first-order chi connectivity index (χ1) is 16.0. The van der Waals surface area contributed by atoms with E-state index in [2.05, 4.69) is 4.98 Å². The molecule has 174 valence electrons. The van der Waals surface area contributed by atoms with Gasteiger partial charge in [0.2, 0.25) is 0 Å². The molecule has 2 heterocycles. The fraction of sp³-hybridized carbons (Fsp3) is 0.136. The number of aromatic nitrogens is 3. The molecule has 0 saturated heterocycles. The van der Waals surface area contributed by atoms with Gasteiger partial charge in [0.15, 0.2) is 5.75 Å². The smallest absolute Gasteiger partial charge is 0.334 e. The number of nitrogens with zero attached hydrogens (tertiary/aromatic N) is 3. The van der Waals surface area contributed by atoms with E-state index in [1.54, 1.807) is 6.07 Å². The number of benzene rings is 2. The van der Waals surface area contributed by atoms with Crippen LogP contribution in [0.25, 0.3) is 16.7 Å². The van der Waals surface area contributed by atoms with E-state index >= 15 is 0 Å². The zero-order valence-corrected chi connectivity index (χ0v) is 20.2. The minimum absolute atomic E-state index is 0.0275. The highest BCUT2D eigenvalue weighted by molar-refractivity contribution is 14.1. The van der Waals surface area contributed by atoms with Crippen LogP contribution in [0.4, 0.5) is 10.1 Å². The summed E-state index contributed by atoms with van der Waals surface area (Å²) in [5, 5.41) is 11.1. The van der Waals surface area contributed by atoms with E-state index in [0.717, 1.165) is 9.13 Å². The molecule has 0 spiro atoms. The zero-order valence-electron chi connectivity index (χ0n) is 18.0. The molecule has 0 fully saturated rings. The predicted octanol–water partition coefficient (Wildman–Crippen LogP) is 3.44. The van der Waals surface area contributed by atoms with Crippen molar-refractivity contribution in [3.05, 3.63) is 98.2 Å². The summed E-state index contributed by atoms with van der Waals surface area (Å²) >= 11 is 1.91. The Morgan fingerprint density at radius 2 is 1.82 bits per heavy atom. The number of nitrogens with one attached hydrogen (secondary N) is 1. The average molecular weight is 578 g/mol. The third-order valence-electron chi connectivity index (χ3n) is 5.41. The van der Waals surface area contributed by atoms with Crippen LogP contribution in [-0.4, -0.2) is 19.0 Å². The molecule has 0 unspecified atom stereocenters. The molecule has 4 aromatic rings. The lowest BCUT2D eigenvalue weighted by Gasteiger charge is -2.18. The Labute approximate surface area is 203 Å². The standard InChI is InChI=1S/C22H16FIN4O6/c1-10-14(28(32)33)5-4-6-16(10)34-18-11(2)21(30)26(3)20-17(18)19(29)25-22(31)27(20)15-8-7-12(24)9-13(15)23/h4-9H,1-3H3,(H,25,29,31). The lowest BCUT2D eigenvalue weighted by molar-refractivity contribution is -0.385. The van der Waals surface area contributed by atoms with Gasteiger partial charge in [0.1, 0.15) is 22.6 Å². The van der Waals surface area contributed by atoms with Gasteiger partial charge in [-0.15, -0.1) is 0 Å². The van der Waals surface area contributed by atoms with Gasteiger partial charge in [-0.05, 0) is 60.7 Å². The summed E-state index contributed by atoms with van der Waals surface area (Å²) in [6.45, 7) is 2.89. The van der Waals surface area contributed by atoms with Crippen LogP contribution in [0.5, 0.6) is 11.5 Å². The highest BCUT2D eigenvalue weighted by Gasteiger charge is 2.24. The molecule has 2 aromatic carbocycles. The van der Waals surface area contributed by atoms with Crippen molar-refractivity contribution in [2.45, 2.75) is 13.8 Å². The largest absolute Gasteiger partial charge is 0.455 e. The summed E-state index contributed by atoms with van der Waals surface area (Å²) in [7, 11) is 1.35. The molecule has 0 aliphatic heterocycles. The van der Waals surface area contributed by atoms with Crippen LogP contribution in [0.2, 0.25) is 0 Å². The Morgan fingerprint density at radius 1 is 1.12 bits per heavy atom. The first kappa shape index (κ1) is 23.4. The van der Waals surface area contributed by atoms with E-state index in [1.165, 1.54) is 51.2 Å². The van der Waals surface area contributed by atoms with Gasteiger partial charge in [-0.1, -0.05) is 6.07 Å². The first-order valence-electron chi connectivity index (χ1n) is 9.78. The summed E-state index contributed by atoms with van der Waals surface area (Å²) in [4.78, 5) is 51.7. The van der Waals surface area contributed by atoms with Crippen molar-refractivity contribution in [1.82, 2.24) is 14.1 Å². The molecule has 0 amide bonds. The van der Waals surface area contributed by atoms with E-state index < -0.39 is 27.5 Å². The summed E-state index contributed by atoms with van der Waals surface area (Å²) in [6.07, 6.45) is 0. The van der Waals surface area contributed by atoms with Crippen molar-refractivity contribution in [2.24, 2.45) is 7.05 Å². The van der Waals surface area contributed by atoms with Gasteiger partial charge in [0, 0.05) is 16.7 Å². The minimum Gasteiger partial charge on any atom is -0.455 e. The molecule has 0 saturated carbocycles. The molecule has 0 aliphatic carbocycles. The third kappa shape index (κ3) is 3.69.